The van der Waals surface area contributed by atoms with Gasteiger partial charge in [-0.3, -0.25) is 4.98 Å². The first kappa shape index (κ1) is 17.6. The van der Waals surface area contributed by atoms with E-state index < -0.39 is 11.7 Å². The Hall–Kier alpha value is -1.75. The molecule has 0 atom stereocenters. The molecule has 1 aromatic heterocycles. The van der Waals surface area contributed by atoms with E-state index >= 15 is 0 Å². The van der Waals surface area contributed by atoms with Gasteiger partial charge < -0.3 is 4.74 Å². The fourth-order valence-electron chi connectivity index (χ4n) is 2.32. The van der Waals surface area contributed by atoms with Crippen molar-refractivity contribution in [1.29, 1.82) is 0 Å². The quantitative estimate of drug-likeness (QED) is 0.622. The maximum Gasteiger partial charge on any atom is 0.417 e. The van der Waals surface area contributed by atoms with Gasteiger partial charge in [0.05, 0.1) is 16.8 Å². The van der Waals surface area contributed by atoms with Gasteiger partial charge in [-0.2, -0.15) is 13.2 Å². The van der Waals surface area contributed by atoms with E-state index in [1.54, 1.807) is 6.07 Å². The van der Waals surface area contributed by atoms with E-state index in [-0.39, 0.29) is 10.8 Å². The molecule has 0 unspecified atom stereocenters. The molecule has 2 nitrogen and oxygen atoms in total. The predicted octanol–water partition coefficient (Wildman–Crippen LogP) is 6.45. The first-order valence-corrected chi connectivity index (χ1v) is 7.73. The average molecular weight is 344 g/mol. The molecule has 2 aromatic rings. The smallest absolute Gasteiger partial charge is 0.417 e. The molecule has 1 aromatic carbocycles. The van der Waals surface area contributed by atoms with Crippen LogP contribution in [0.25, 0.3) is 0 Å². The van der Waals surface area contributed by atoms with Gasteiger partial charge in [0.2, 0.25) is 0 Å². The van der Waals surface area contributed by atoms with Crippen molar-refractivity contribution in [1.82, 2.24) is 4.98 Å². The monoisotopic (exact) mass is 343 g/mol. The van der Waals surface area contributed by atoms with Crippen LogP contribution < -0.4 is 4.74 Å². The molecule has 0 saturated carbocycles. The van der Waals surface area contributed by atoms with Crippen LogP contribution in [-0.4, -0.2) is 4.98 Å². The van der Waals surface area contributed by atoms with E-state index in [2.05, 4.69) is 18.8 Å². The van der Waals surface area contributed by atoms with E-state index in [1.165, 1.54) is 18.3 Å². The van der Waals surface area contributed by atoms with E-state index in [0.717, 1.165) is 24.6 Å². The van der Waals surface area contributed by atoms with E-state index in [0.29, 0.717) is 11.7 Å². The number of rotatable bonds is 5. The van der Waals surface area contributed by atoms with Gasteiger partial charge in [-0.15, -0.1) is 0 Å². The van der Waals surface area contributed by atoms with E-state index in [4.69, 9.17) is 16.3 Å². The fourth-order valence-corrected chi connectivity index (χ4v) is 2.55. The lowest BCUT2D eigenvalue weighted by Gasteiger charge is -2.13. The van der Waals surface area contributed by atoms with Gasteiger partial charge in [-0.1, -0.05) is 25.4 Å². The van der Waals surface area contributed by atoms with Crippen molar-refractivity contribution in [2.24, 2.45) is 0 Å². The summed E-state index contributed by atoms with van der Waals surface area (Å²) in [5.74, 6) is 0.824. The van der Waals surface area contributed by atoms with E-state index in [9.17, 15) is 13.2 Å². The lowest BCUT2D eigenvalue weighted by molar-refractivity contribution is -0.137. The van der Waals surface area contributed by atoms with Gasteiger partial charge in [0, 0.05) is 11.6 Å². The Labute approximate surface area is 138 Å². The lowest BCUT2D eigenvalue weighted by atomic mass is 9.99. The molecule has 0 fully saturated rings. The van der Waals surface area contributed by atoms with Gasteiger partial charge >= 0.3 is 6.18 Å². The van der Waals surface area contributed by atoms with Gasteiger partial charge in [-0.05, 0) is 43.2 Å². The lowest BCUT2D eigenvalue weighted by Crippen LogP contribution is -2.06. The van der Waals surface area contributed by atoms with Gasteiger partial charge in [-0.25, -0.2) is 0 Å². The van der Waals surface area contributed by atoms with Crippen molar-refractivity contribution < 1.29 is 17.9 Å². The zero-order valence-corrected chi connectivity index (χ0v) is 13.6. The maximum absolute atomic E-state index is 12.8. The van der Waals surface area contributed by atoms with Crippen LogP contribution in [0.5, 0.6) is 11.5 Å². The normalized spacial score (nSPS) is 11.8. The molecule has 0 N–H and O–H groups in total. The zero-order chi connectivity index (χ0) is 17.0. The van der Waals surface area contributed by atoms with Crippen LogP contribution in [0.2, 0.25) is 5.02 Å². The number of aromatic nitrogens is 1. The largest absolute Gasteiger partial charge is 0.456 e. The second kappa shape index (κ2) is 7.21. The fraction of sp³-hybridized carbons (Fsp3) is 0.353. The molecule has 0 amide bonds. The molecule has 0 spiro atoms. The van der Waals surface area contributed by atoms with Crippen molar-refractivity contribution in [3.63, 3.8) is 0 Å². The third kappa shape index (κ3) is 4.38. The van der Waals surface area contributed by atoms with Crippen LogP contribution in [0.4, 0.5) is 13.2 Å². The number of halogens is 4. The molecular weight excluding hydrogens is 327 g/mol. The topological polar surface area (TPSA) is 22.1 Å². The van der Waals surface area contributed by atoms with Crippen LogP contribution in [0.1, 0.15) is 43.9 Å². The SMILES string of the molecule is CCC(CC)c1ccc(Oc2ccc(Cl)c(C(F)(F)F)c2)cn1. The van der Waals surface area contributed by atoms with Crippen molar-refractivity contribution >= 4 is 11.6 Å². The molecule has 0 radical (unpaired) electrons. The summed E-state index contributed by atoms with van der Waals surface area (Å²) < 4.78 is 44.0. The Morgan fingerprint density at radius 1 is 1.09 bits per heavy atom. The third-order valence-electron chi connectivity index (χ3n) is 3.64. The van der Waals surface area contributed by atoms with E-state index in [1.807, 2.05) is 6.07 Å². The number of hydrogen-bond acceptors (Lipinski definition) is 2. The number of ether oxygens (including phenoxy) is 1. The second-order valence-electron chi connectivity index (χ2n) is 5.17. The molecule has 0 aliphatic heterocycles. The molecule has 0 aliphatic rings. The highest BCUT2D eigenvalue weighted by Crippen LogP contribution is 2.37. The van der Waals surface area contributed by atoms with Crippen molar-refractivity contribution in [2.75, 3.05) is 0 Å². The molecule has 124 valence electrons. The minimum Gasteiger partial charge on any atom is -0.456 e. The van der Waals surface area contributed by atoms with Crippen LogP contribution in [0, 0.1) is 0 Å². The predicted molar refractivity (Wildman–Crippen MR) is 84.1 cm³/mol. The highest BCUT2D eigenvalue weighted by Gasteiger charge is 2.33. The van der Waals surface area contributed by atoms with Crippen LogP contribution in [-0.2, 0) is 6.18 Å². The molecule has 0 saturated heterocycles. The molecule has 6 heteroatoms. The summed E-state index contributed by atoms with van der Waals surface area (Å²) in [5.41, 5.74) is 0.0349. The molecule has 0 bridgehead atoms. The molecule has 23 heavy (non-hydrogen) atoms. The van der Waals surface area contributed by atoms with Crippen LogP contribution >= 0.6 is 11.6 Å². The minimum atomic E-state index is -4.52. The highest BCUT2D eigenvalue weighted by molar-refractivity contribution is 6.31. The summed E-state index contributed by atoms with van der Waals surface area (Å²) in [4.78, 5) is 4.33. The average Bonchev–Trinajstić information content (AvgIpc) is 2.51. The summed E-state index contributed by atoms with van der Waals surface area (Å²) in [7, 11) is 0. The standard InChI is InChI=1S/C17H17ClF3NO/c1-3-11(4-2)16-8-6-13(10-22-16)23-12-5-7-15(18)14(9-12)17(19,20)21/h5-11H,3-4H2,1-2H3. The molecule has 1 heterocycles. The zero-order valence-electron chi connectivity index (χ0n) is 12.8. The summed E-state index contributed by atoms with van der Waals surface area (Å²) in [6.07, 6.45) is -1.03. The second-order valence-corrected chi connectivity index (χ2v) is 5.58. The van der Waals surface area contributed by atoms with Gasteiger partial charge in [0.15, 0.2) is 0 Å². The Morgan fingerprint density at radius 2 is 1.74 bits per heavy atom. The summed E-state index contributed by atoms with van der Waals surface area (Å²) >= 11 is 5.58. The molecule has 2 rings (SSSR count). The Balaban J connectivity index is 2.20. The van der Waals surface area contributed by atoms with Crippen molar-refractivity contribution in [3.8, 4) is 11.5 Å². The minimum absolute atomic E-state index is 0.0683. The summed E-state index contributed by atoms with van der Waals surface area (Å²) in [6, 6.07) is 7.01. The maximum atomic E-state index is 12.8. The van der Waals surface area contributed by atoms with Gasteiger partial charge in [0.25, 0.3) is 0 Å². The highest BCUT2D eigenvalue weighted by atomic mass is 35.5. The number of nitrogens with zero attached hydrogens (tertiary/aromatic N) is 1. The number of benzene rings is 1. The first-order valence-electron chi connectivity index (χ1n) is 7.35. The summed E-state index contributed by atoms with van der Waals surface area (Å²) in [6.45, 7) is 4.18. The Morgan fingerprint density at radius 3 is 2.26 bits per heavy atom. The first-order chi connectivity index (χ1) is 10.8. The Bertz CT molecular complexity index is 652. The third-order valence-corrected chi connectivity index (χ3v) is 3.97. The molecule has 0 aliphatic carbocycles. The Kier molecular flexibility index (Phi) is 5.52. The van der Waals surface area contributed by atoms with Gasteiger partial charge in [0.1, 0.15) is 11.5 Å². The van der Waals surface area contributed by atoms with Crippen LogP contribution in [0.15, 0.2) is 36.5 Å². The number of pyridine rings is 1. The number of hydrogen-bond donors (Lipinski definition) is 0. The number of alkyl halides is 3. The van der Waals surface area contributed by atoms with Crippen molar-refractivity contribution in [3.05, 3.63) is 52.8 Å². The van der Waals surface area contributed by atoms with Crippen molar-refractivity contribution in [2.45, 2.75) is 38.8 Å². The molecular formula is C17H17ClF3NO. The summed E-state index contributed by atoms with van der Waals surface area (Å²) in [5, 5.41) is -0.355. The van der Waals surface area contributed by atoms with Crippen LogP contribution in [0.3, 0.4) is 0 Å².